The number of hydrogen-bond donors (Lipinski definition) is 0. The maximum absolute atomic E-state index is 13.1. The molecule has 4 rings (SSSR count). The van der Waals surface area contributed by atoms with Crippen LogP contribution in [0.4, 0.5) is 8.78 Å². The Morgan fingerprint density at radius 2 is 2.12 bits per heavy atom. The van der Waals surface area contributed by atoms with Crippen molar-refractivity contribution in [1.82, 2.24) is 8.96 Å². The lowest BCUT2D eigenvalue weighted by Gasteiger charge is -2.05. The first-order chi connectivity index (χ1) is 11.5. The average Bonchev–Trinajstić information content (AvgIpc) is 3.19. The third-order valence-electron chi connectivity index (χ3n) is 3.03. The number of nitriles is 1. The van der Waals surface area contributed by atoms with Gasteiger partial charge in [0.2, 0.25) is 5.82 Å². The molecule has 3 heterocycles. The Morgan fingerprint density at radius 3 is 2.79 bits per heavy atom. The van der Waals surface area contributed by atoms with E-state index in [1.54, 1.807) is 23.6 Å². The Kier molecular flexibility index (Phi) is 3.19. The van der Waals surface area contributed by atoms with E-state index in [0.29, 0.717) is 5.06 Å². The summed E-state index contributed by atoms with van der Waals surface area (Å²) in [6.45, 7) is 0. The number of imidazole rings is 1. The molecule has 0 saturated heterocycles. The standard InChI is InChI=1S/C13H5F2N3O4S2/c14-13(15)20-9-4-7-8(5-10(9)21-13)18(11(6-16)17-7)24(19)22-12-2-1-3-23-12/h1-5H. The summed E-state index contributed by atoms with van der Waals surface area (Å²) in [5, 5.41) is 11.3. The van der Waals surface area contributed by atoms with Crippen molar-refractivity contribution in [1.29, 1.82) is 5.26 Å². The summed E-state index contributed by atoms with van der Waals surface area (Å²) in [4.78, 5) is 3.96. The molecule has 0 spiro atoms. The van der Waals surface area contributed by atoms with Crippen LogP contribution in [-0.4, -0.2) is 19.5 Å². The van der Waals surface area contributed by atoms with Crippen LogP contribution < -0.4 is 13.7 Å². The van der Waals surface area contributed by atoms with Crippen molar-refractivity contribution in [3.8, 4) is 22.6 Å². The molecule has 0 saturated carbocycles. The molecule has 1 aliphatic heterocycles. The van der Waals surface area contributed by atoms with Crippen molar-refractivity contribution in [3.63, 3.8) is 0 Å². The van der Waals surface area contributed by atoms with E-state index >= 15 is 0 Å². The van der Waals surface area contributed by atoms with Crippen LogP contribution in [0.3, 0.4) is 0 Å². The molecule has 7 nitrogen and oxygen atoms in total. The average molecular weight is 369 g/mol. The highest BCUT2D eigenvalue weighted by Gasteiger charge is 2.44. The summed E-state index contributed by atoms with van der Waals surface area (Å²) in [5.41, 5.74) is 0.288. The van der Waals surface area contributed by atoms with Crippen LogP contribution in [0.25, 0.3) is 11.0 Å². The second kappa shape index (κ2) is 5.15. The zero-order valence-electron chi connectivity index (χ0n) is 11.4. The lowest BCUT2D eigenvalue weighted by Crippen LogP contribution is -2.25. The van der Waals surface area contributed by atoms with Crippen LogP contribution >= 0.6 is 11.3 Å². The van der Waals surface area contributed by atoms with Gasteiger partial charge < -0.3 is 13.7 Å². The van der Waals surface area contributed by atoms with Gasteiger partial charge in [0, 0.05) is 12.1 Å². The zero-order valence-corrected chi connectivity index (χ0v) is 13.1. The Morgan fingerprint density at radius 1 is 1.38 bits per heavy atom. The number of thiophene rings is 1. The summed E-state index contributed by atoms with van der Waals surface area (Å²) >= 11 is -0.914. The van der Waals surface area contributed by atoms with E-state index in [2.05, 4.69) is 14.5 Å². The van der Waals surface area contributed by atoms with Gasteiger partial charge in [0.25, 0.3) is 0 Å². The van der Waals surface area contributed by atoms with Crippen LogP contribution in [0.2, 0.25) is 0 Å². The Bertz CT molecular complexity index is 1010. The second-order valence-electron chi connectivity index (χ2n) is 4.53. The van der Waals surface area contributed by atoms with Crippen LogP contribution in [0.15, 0.2) is 29.6 Å². The van der Waals surface area contributed by atoms with Gasteiger partial charge in [-0.3, -0.25) is 0 Å². The molecule has 2 aromatic heterocycles. The van der Waals surface area contributed by atoms with Gasteiger partial charge in [0.1, 0.15) is 6.07 Å². The number of benzene rings is 1. The summed E-state index contributed by atoms with van der Waals surface area (Å²) < 4.78 is 53.7. The molecule has 0 aliphatic carbocycles. The summed E-state index contributed by atoms with van der Waals surface area (Å²) in [7, 11) is 0. The topological polar surface area (TPSA) is 86.4 Å². The van der Waals surface area contributed by atoms with Crippen LogP contribution in [0.1, 0.15) is 5.82 Å². The van der Waals surface area contributed by atoms with E-state index < -0.39 is 17.6 Å². The minimum atomic E-state index is -3.78. The van der Waals surface area contributed by atoms with E-state index in [1.165, 1.54) is 23.5 Å². The van der Waals surface area contributed by atoms with Gasteiger partial charge in [0.05, 0.1) is 11.0 Å². The fourth-order valence-corrected chi connectivity index (χ4v) is 3.72. The van der Waals surface area contributed by atoms with Gasteiger partial charge in [-0.1, -0.05) is 0 Å². The second-order valence-corrected chi connectivity index (χ2v) is 6.41. The first kappa shape index (κ1) is 14.9. The van der Waals surface area contributed by atoms with Crippen LogP contribution in [-0.2, 0) is 11.3 Å². The maximum Gasteiger partial charge on any atom is 0.586 e. The molecule has 1 atom stereocenters. The van der Waals surface area contributed by atoms with E-state index in [-0.39, 0.29) is 28.4 Å². The largest absolute Gasteiger partial charge is 0.586 e. The predicted molar refractivity (Wildman–Crippen MR) is 79.1 cm³/mol. The Balaban J connectivity index is 1.83. The Hall–Kier alpha value is -2.71. The minimum absolute atomic E-state index is 0.140. The number of halogens is 2. The molecule has 1 unspecified atom stereocenters. The quantitative estimate of drug-likeness (QED) is 0.706. The lowest BCUT2D eigenvalue weighted by atomic mass is 10.3. The van der Waals surface area contributed by atoms with E-state index in [1.807, 2.05) is 0 Å². The van der Waals surface area contributed by atoms with Crippen LogP contribution in [0.5, 0.6) is 16.6 Å². The van der Waals surface area contributed by atoms with E-state index in [4.69, 9.17) is 4.18 Å². The molecule has 24 heavy (non-hydrogen) atoms. The van der Waals surface area contributed by atoms with Crippen molar-refractivity contribution >= 4 is 33.6 Å². The summed E-state index contributed by atoms with van der Waals surface area (Å²) in [6, 6.07) is 7.45. The molecule has 122 valence electrons. The molecule has 0 radical (unpaired) electrons. The third-order valence-corrected chi connectivity index (χ3v) is 4.87. The molecule has 3 aromatic rings. The number of ether oxygens (including phenoxy) is 2. The molecule has 1 aromatic carbocycles. The summed E-state index contributed by atoms with van der Waals surface area (Å²) in [6.07, 6.45) is -3.78. The van der Waals surface area contributed by atoms with E-state index in [0.717, 1.165) is 3.97 Å². The third kappa shape index (κ3) is 2.36. The molecule has 0 N–H and O–H groups in total. The monoisotopic (exact) mass is 369 g/mol. The first-order valence-corrected chi connectivity index (χ1v) is 8.24. The minimum Gasteiger partial charge on any atom is -0.395 e. The number of alkyl halides is 2. The molecule has 1 aliphatic rings. The number of nitrogens with zero attached hydrogens (tertiary/aromatic N) is 3. The molecule has 0 amide bonds. The van der Waals surface area contributed by atoms with E-state index in [9.17, 15) is 18.3 Å². The van der Waals surface area contributed by atoms with Crippen LogP contribution in [0, 0.1) is 11.3 Å². The van der Waals surface area contributed by atoms with Gasteiger partial charge in [-0.05, 0) is 17.5 Å². The fraction of sp³-hybridized carbons (Fsp3) is 0.0769. The lowest BCUT2D eigenvalue weighted by molar-refractivity contribution is -0.286. The van der Waals surface area contributed by atoms with Gasteiger partial charge in [-0.25, -0.2) is 4.98 Å². The molecular formula is C13H5F2N3O4S2. The van der Waals surface area contributed by atoms with Crippen molar-refractivity contribution in [2.75, 3.05) is 0 Å². The van der Waals surface area contributed by atoms with Crippen molar-refractivity contribution in [2.24, 2.45) is 0 Å². The summed E-state index contributed by atoms with van der Waals surface area (Å²) in [5.74, 6) is -0.659. The molecular weight excluding hydrogens is 364 g/mol. The molecule has 0 bridgehead atoms. The highest BCUT2D eigenvalue weighted by molar-refractivity contribution is 7.79. The molecule has 11 heteroatoms. The number of rotatable bonds is 3. The highest BCUT2D eigenvalue weighted by Crippen LogP contribution is 2.43. The van der Waals surface area contributed by atoms with Crippen molar-refractivity contribution < 1.29 is 26.6 Å². The highest BCUT2D eigenvalue weighted by atomic mass is 32.2. The van der Waals surface area contributed by atoms with Gasteiger partial charge in [0.15, 0.2) is 16.6 Å². The molecule has 0 fully saturated rings. The fourth-order valence-electron chi connectivity index (χ4n) is 2.14. The van der Waals surface area contributed by atoms with Gasteiger partial charge in [-0.2, -0.15) is 13.4 Å². The smallest absolute Gasteiger partial charge is 0.395 e. The number of hydrogen-bond acceptors (Lipinski definition) is 7. The zero-order chi connectivity index (χ0) is 16.9. The van der Waals surface area contributed by atoms with Crippen molar-refractivity contribution in [2.45, 2.75) is 6.29 Å². The maximum atomic E-state index is 13.1. The van der Waals surface area contributed by atoms with Gasteiger partial charge >= 0.3 is 17.6 Å². The predicted octanol–water partition coefficient (Wildman–Crippen LogP) is 2.80. The Labute approximate surface area is 139 Å². The number of fused-ring (bicyclic) bond motifs is 2. The van der Waals surface area contributed by atoms with Crippen molar-refractivity contribution in [3.05, 3.63) is 35.5 Å². The van der Waals surface area contributed by atoms with Gasteiger partial charge in [-0.15, -0.1) is 20.1 Å². The SMILES string of the molecule is N#Cc1nc2cc3c(cc2n1S(=O)Oc1cccs1)OC(F)(F)O3. The normalized spacial score (nSPS) is 16.0. The number of aromatic nitrogens is 2. The first-order valence-electron chi connectivity index (χ1n) is 6.33.